The van der Waals surface area contributed by atoms with Crippen molar-refractivity contribution in [3.8, 4) is 11.1 Å². The van der Waals surface area contributed by atoms with Crippen molar-refractivity contribution in [2.24, 2.45) is 0 Å². The number of aryl methyl sites for hydroxylation is 1. The maximum Gasteiger partial charge on any atom is 0.0725 e. The van der Waals surface area contributed by atoms with Crippen LogP contribution in [0.2, 0.25) is 0 Å². The van der Waals surface area contributed by atoms with E-state index in [2.05, 4.69) is 41.7 Å². The average molecular weight is 265 g/mol. The summed E-state index contributed by atoms with van der Waals surface area (Å²) in [5.74, 6) is 0. The summed E-state index contributed by atoms with van der Waals surface area (Å²) in [6, 6.07) is 14.2. The second-order valence-corrected chi connectivity index (χ2v) is 5.77. The number of benzene rings is 2. The van der Waals surface area contributed by atoms with E-state index in [4.69, 9.17) is 4.74 Å². The van der Waals surface area contributed by atoms with Gasteiger partial charge in [-0.2, -0.15) is 0 Å². The number of hydrogen-bond donors (Lipinski definition) is 1. The SMILES string of the molecule is CNC1CCc2cc(-c3ccc4c(c3)COC4)ccc21. The van der Waals surface area contributed by atoms with Crippen molar-refractivity contribution in [1.29, 1.82) is 0 Å². The summed E-state index contributed by atoms with van der Waals surface area (Å²) in [5.41, 5.74) is 8.29. The predicted molar refractivity (Wildman–Crippen MR) is 80.5 cm³/mol. The molecule has 1 aliphatic heterocycles. The summed E-state index contributed by atoms with van der Waals surface area (Å²) in [7, 11) is 2.05. The Bertz CT molecular complexity index is 662. The van der Waals surface area contributed by atoms with Crippen molar-refractivity contribution in [3.05, 3.63) is 58.7 Å². The fraction of sp³-hybridized carbons (Fsp3) is 0.333. The molecule has 2 aromatic carbocycles. The van der Waals surface area contributed by atoms with Gasteiger partial charge in [0.1, 0.15) is 0 Å². The minimum absolute atomic E-state index is 0.535. The standard InChI is InChI=1S/C18H19NO/c1-19-18-7-5-14-8-13(4-6-17(14)18)12-2-3-15-10-20-11-16(15)9-12/h2-4,6,8-9,18-19H,5,7,10-11H2,1H3. The van der Waals surface area contributed by atoms with E-state index in [1.54, 1.807) is 0 Å². The lowest BCUT2D eigenvalue weighted by molar-refractivity contribution is 0.134. The Morgan fingerprint density at radius 1 is 0.950 bits per heavy atom. The van der Waals surface area contributed by atoms with E-state index in [0.29, 0.717) is 6.04 Å². The molecular weight excluding hydrogens is 246 g/mol. The highest BCUT2D eigenvalue weighted by Gasteiger charge is 2.21. The molecule has 2 aromatic rings. The van der Waals surface area contributed by atoms with Gasteiger partial charge in [0.25, 0.3) is 0 Å². The van der Waals surface area contributed by atoms with Crippen LogP contribution >= 0.6 is 0 Å². The number of hydrogen-bond acceptors (Lipinski definition) is 2. The second kappa shape index (κ2) is 4.72. The van der Waals surface area contributed by atoms with Gasteiger partial charge in [0.15, 0.2) is 0 Å². The molecule has 0 bridgehead atoms. The summed E-state index contributed by atoms with van der Waals surface area (Å²) in [6.45, 7) is 1.53. The Morgan fingerprint density at radius 2 is 1.70 bits per heavy atom. The lowest BCUT2D eigenvalue weighted by atomic mass is 9.97. The number of nitrogens with one attached hydrogen (secondary N) is 1. The van der Waals surface area contributed by atoms with E-state index in [1.807, 2.05) is 7.05 Å². The zero-order chi connectivity index (χ0) is 13.5. The second-order valence-electron chi connectivity index (χ2n) is 5.77. The highest BCUT2D eigenvalue weighted by atomic mass is 16.5. The molecule has 1 aliphatic carbocycles. The molecule has 1 N–H and O–H groups in total. The van der Waals surface area contributed by atoms with Gasteiger partial charge >= 0.3 is 0 Å². The van der Waals surface area contributed by atoms with Gasteiger partial charge in [-0.1, -0.05) is 30.3 Å². The van der Waals surface area contributed by atoms with Gasteiger partial charge < -0.3 is 10.1 Å². The molecule has 1 unspecified atom stereocenters. The molecule has 2 aliphatic rings. The summed E-state index contributed by atoms with van der Waals surface area (Å²) in [4.78, 5) is 0. The van der Waals surface area contributed by atoms with Crippen molar-refractivity contribution in [1.82, 2.24) is 5.32 Å². The van der Waals surface area contributed by atoms with Gasteiger partial charge in [-0.15, -0.1) is 0 Å². The quantitative estimate of drug-likeness (QED) is 0.896. The molecule has 2 nitrogen and oxygen atoms in total. The maximum atomic E-state index is 5.50. The van der Waals surface area contributed by atoms with E-state index in [0.717, 1.165) is 13.2 Å². The number of rotatable bonds is 2. The van der Waals surface area contributed by atoms with Gasteiger partial charge in [0, 0.05) is 6.04 Å². The molecule has 0 spiro atoms. The van der Waals surface area contributed by atoms with Crippen LogP contribution in [0, 0.1) is 0 Å². The highest BCUT2D eigenvalue weighted by molar-refractivity contribution is 5.67. The van der Waals surface area contributed by atoms with Crippen LogP contribution in [0.25, 0.3) is 11.1 Å². The minimum atomic E-state index is 0.535. The van der Waals surface area contributed by atoms with Gasteiger partial charge in [0.05, 0.1) is 13.2 Å². The lowest BCUT2D eigenvalue weighted by Gasteiger charge is -2.11. The van der Waals surface area contributed by atoms with Crippen molar-refractivity contribution >= 4 is 0 Å². The molecule has 0 saturated carbocycles. The molecule has 0 aromatic heterocycles. The fourth-order valence-electron chi connectivity index (χ4n) is 3.45. The van der Waals surface area contributed by atoms with Crippen LogP contribution in [0.5, 0.6) is 0 Å². The topological polar surface area (TPSA) is 21.3 Å². The molecule has 20 heavy (non-hydrogen) atoms. The van der Waals surface area contributed by atoms with Crippen molar-refractivity contribution < 1.29 is 4.74 Å². The van der Waals surface area contributed by atoms with Gasteiger partial charge in [-0.05, 0) is 59.3 Å². The Balaban J connectivity index is 1.73. The van der Waals surface area contributed by atoms with Crippen LogP contribution in [-0.2, 0) is 24.4 Å². The normalized spacial score (nSPS) is 19.9. The van der Waals surface area contributed by atoms with Crippen molar-refractivity contribution in [3.63, 3.8) is 0 Å². The average Bonchev–Trinajstić information content (AvgIpc) is 3.12. The van der Waals surface area contributed by atoms with Crippen LogP contribution in [-0.4, -0.2) is 7.05 Å². The Morgan fingerprint density at radius 3 is 2.55 bits per heavy atom. The smallest absolute Gasteiger partial charge is 0.0725 e. The molecule has 1 heterocycles. The summed E-state index contributed by atoms with van der Waals surface area (Å²) >= 11 is 0. The molecule has 2 heteroatoms. The van der Waals surface area contributed by atoms with E-state index in [9.17, 15) is 0 Å². The third-order valence-corrected chi connectivity index (χ3v) is 4.62. The largest absolute Gasteiger partial charge is 0.372 e. The third kappa shape index (κ3) is 1.88. The summed E-state index contributed by atoms with van der Waals surface area (Å²) in [6.07, 6.45) is 2.40. The fourth-order valence-corrected chi connectivity index (χ4v) is 3.45. The van der Waals surface area contributed by atoms with Crippen molar-refractivity contribution in [2.45, 2.75) is 32.1 Å². The number of fused-ring (bicyclic) bond motifs is 2. The van der Waals surface area contributed by atoms with Crippen LogP contribution in [0.3, 0.4) is 0 Å². The van der Waals surface area contributed by atoms with Gasteiger partial charge in [0.2, 0.25) is 0 Å². The van der Waals surface area contributed by atoms with Crippen LogP contribution in [0.1, 0.15) is 34.7 Å². The first-order valence-electron chi connectivity index (χ1n) is 7.35. The molecule has 4 rings (SSSR count). The van der Waals surface area contributed by atoms with E-state index >= 15 is 0 Å². The molecule has 0 amide bonds. The Kier molecular flexibility index (Phi) is 2.86. The summed E-state index contributed by atoms with van der Waals surface area (Å²) in [5, 5.41) is 3.40. The zero-order valence-corrected chi connectivity index (χ0v) is 11.8. The minimum Gasteiger partial charge on any atom is -0.372 e. The van der Waals surface area contributed by atoms with Crippen LogP contribution < -0.4 is 5.32 Å². The molecule has 0 radical (unpaired) electrons. The first-order chi connectivity index (χ1) is 9.85. The van der Waals surface area contributed by atoms with Crippen molar-refractivity contribution in [2.75, 3.05) is 7.05 Å². The molecule has 0 fully saturated rings. The van der Waals surface area contributed by atoms with Gasteiger partial charge in [-0.25, -0.2) is 0 Å². The monoisotopic (exact) mass is 265 g/mol. The Labute approximate surface area is 119 Å². The maximum absolute atomic E-state index is 5.50. The van der Waals surface area contributed by atoms with Gasteiger partial charge in [-0.3, -0.25) is 0 Å². The van der Waals surface area contributed by atoms with E-state index < -0.39 is 0 Å². The first kappa shape index (κ1) is 12.1. The van der Waals surface area contributed by atoms with E-state index in [-0.39, 0.29) is 0 Å². The molecule has 102 valence electrons. The molecule has 1 atom stereocenters. The zero-order valence-electron chi connectivity index (χ0n) is 11.8. The highest BCUT2D eigenvalue weighted by Crippen LogP contribution is 2.35. The molecular formula is C18H19NO. The van der Waals surface area contributed by atoms with Crippen LogP contribution in [0.15, 0.2) is 36.4 Å². The van der Waals surface area contributed by atoms with Crippen LogP contribution in [0.4, 0.5) is 0 Å². The first-order valence-corrected chi connectivity index (χ1v) is 7.35. The predicted octanol–water partition coefficient (Wildman–Crippen LogP) is 3.59. The van der Waals surface area contributed by atoms with E-state index in [1.165, 1.54) is 46.2 Å². The number of ether oxygens (including phenoxy) is 1. The Hall–Kier alpha value is -1.64. The molecule has 0 saturated heterocycles. The lowest BCUT2D eigenvalue weighted by Crippen LogP contribution is -2.12. The summed E-state index contributed by atoms with van der Waals surface area (Å²) < 4.78 is 5.50. The third-order valence-electron chi connectivity index (χ3n) is 4.62.